The number of amides is 1. The molecule has 0 bridgehead atoms. The van der Waals surface area contributed by atoms with Gasteiger partial charge in [0.2, 0.25) is 0 Å². The fraction of sp³-hybridized carbons (Fsp3) is 0.278. The molecule has 0 radical (unpaired) electrons. The van der Waals surface area contributed by atoms with E-state index in [9.17, 15) is 4.79 Å². The molecule has 3 nitrogen and oxygen atoms in total. The molecule has 1 N–H and O–H groups in total. The molecule has 2 aromatic rings. The molecule has 1 amide bonds. The quantitative estimate of drug-likeness (QED) is 0.871. The van der Waals surface area contributed by atoms with E-state index in [1.54, 1.807) is 12.1 Å². The van der Waals surface area contributed by atoms with Gasteiger partial charge in [0.15, 0.2) is 0 Å². The second kappa shape index (κ2) is 7.85. The largest absolute Gasteiger partial charge is 0.491 e. The zero-order valence-corrected chi connectivity index (χ0v) is 13.6. The molecule has 0 aliphatic rings. The molecule has 0 atom stereocenters. The van der Waals surface area contributed by atoms with Crippen LogP contribution in [0.3, 0.4) is 0 Å². The van der Waals surface area contributed by atoms with Gasteiger partial charge in [0.25, 0.3) is 5.91 Å². The molecule has 0 saturated heterocycles. The van der Waals surface area contributed by atoms with Gasteiger partial charge < -0.3 is 10.1 Å². The Morgan fingerprint density at radius 1 is 1.09 bits per heavy atom. The van der Waals surface area contributed by atoms with Gasteiger partial charge >= 0.3 is 0 Å². The zero-order valence-electron chi connectivity index (χ0n) is 12.8. The molecule has 22 heavy (non-hydrogen) atoms. The van der Waals surface area contributed by atoms with Crippen molar-refractivity contribution in [2.45, 2.75) is 26.4 Å². The normalized spacial score (nSPS) is 10.5. The predicted molar refractivity (Wildman–Crippen MR) is 89.7 cm³/mol. The summed E-state index contributed by atoms with van der Waals surface area (Å²) < 4.78 is 5.56. The summed E-state index contributed by atoms with van der Waals surface area (Å²) in [6, 6.07) is 14.8. The van der Waals surface area contributed by atoms with Gasteiger partial charge in [-0.2, -0.15) is 0 Å². The first-order valence-corrected chi connectivity index (χ1v) is 7.72. The van der Waals surface area contributed by atoms with E-state index in [4.69, 9.17) is 16.3 Å². The summed E-state index contributed by atoms with van der Waals surface area (Å²) in [5, 5.41) is 3.63. The minimum absolute atomic E-state index is 0.0786. The highest BCUT2D eigenvalue weighted by atomic mass is 35.5. The van der Waals surface area contributed by atoms with Gasteiger partial charge in [-0.25, -0.2) is 0 Å². The van der Waals surface area contributed by atoms with Gasteiger partial charge in [-0.3, -0.25) is 4.79 Å². The van der Waals surface area contributed by atoms with Crippen LogP contribution in [0.25, 0.3) is 0 Å². The molecular weight excluding hydrogens is 298 g/mol. The second-order valence-corrected chi connectivity index (χ2v) is 5.76. The van der Waals surface area contributed by atoms with Crippen LogP contribution in [0, 0.1) is 0 Å². The molecule has 2 rings (SSSR count). The highest BCUT2D eigenvalue weighted by molar-refractivity contribution is 6.30. The number of carbonyl (C=O) groups is 1. The average molecular weight is 318 g/mol. The molecule has 0 unspecified atom stereocenters. The number of nitrogens with one attached hydrogen (secondary N) is 1. The molecule has 0 heterocycles. The highest BCUT2D eigenvalue weighted by Gasteiger charge is 2.05. The van der Waals surface area contributed by atoms with Gasteiger partial charge in [-0.1, -0.05) is 23.7 Å². The Labute approximate surface area is 136 Å². The summed E-state index contributed by atoms with van der Waals surface area (Å²) in [5.74, 6) is 0.692. The molecule has 2 aromatic carbocycles. The third kappa shape index (κ3) is 5.08. The Morgan fingerprint density at radius 2 is 1.73 bits per heavy atom. The molecule has 0 saturated carbocycles. The van der Waals surface area contributed by atoms with Crippen LogP contribution in [-0.2, 0) is 6.42 Å². The van der Waals surface area contributed by atoms with E-state index in [2.05, 4.69) is 5.32 Å². The van der Waals surface area contributed by atoms with Gasteiger partial charge in [0.05, 0.1) is 6.10 Å². The van der Waals surface area contributed by atoms with Crippen LogP contribution < -0.4 is 10.1 Å². The maximum absolute atomic E-state index is 12.0. The maximum atomic E-state index is 12.0. The maximum Gasteiger partial charge on any atom is 0.251 e. The van der Waals surface area contributed by atoms with Crippen LogP contribution in [0.2, 0.25) is 5.02 Å². The van der Waals surface area contributed by atoms with Crippen molar-refractivity contribution in [2.24, 2.45) is 0 Å². The van der Waals surface area contributed by atoms with Crippen molar-refractivity contribution in [2.75, 3.05) is 6.54 Å². The van der Waals surface area contributed by atoms with Crippen LogP contribution in [0.5, 0.6) is 5.75 Å². The van der Waals surface area contributed by atoms with Crippen LogP contribution in [-0.4, -0.2) is 18.6 Å². The van der Waals surface area contributed by atoms with Crippen LogP contribution in [0.1, 0.15) is 29.8 Å². The predicted octanol–water partition coefficient (Wildman–Crippen LogP) is 4.10. The molecule has 0 aliphatic heterocycles. The third-order valence-electron chi connectivity index (χ3n) is 3.10. The number of rotatable bonds is 6. The zero-order chi connectivity index (χ0) is 15.9. The Balaban J connectivity index is 1.83. The van der Waals surface area contributed by atoms with Crippen molar-refractivity contribution in [1.29, 1.82) is 0 Å². The van der Waals surface area contributed by atoms with Crippen molar-refractivity contribution >= 4 is 17.5 Å². The van der Waals surface area contributed by atoms with Crippen molar-refractivity contribution in [3.63, 3.8) is 0 Å². The van der Waals surface area contributed by atoms with Crippen molar-refractivity contribution < 1.29 is 9.53 Å². The first kappa shape index (κ1) is 16.4. The summed E-state index contributed by atoms with van der Waals surface area (Å²) in [6.07, 6.45) is 0.899. The number of carbonyl (C=O) groups excluding carboxylic acids is 1. The van der Waals surface area contributed by atoms with E-state index < -0.39 is 0 Å². The highest BCUT2D eigenvalue weighted by Crippen LogP contribution is 2.14. The molecule has 0 aromatic heterocycles. The third-order valence-corrected chi connectivity index (χ3v) is 3.35. The number of halogens is 1. The lowest BCUT2D eigenvalue weighted by Gasteiger charge is -2.10. The molecule has 0 spiro atoms. The van der Waals surface area contributed by atoms with Crippen LogP contribution in [0.4, 0.5) is 0 Å². The van der Waals surface area contributed by atoms with Gasteiger partial charge in [0.1, 0.15) is 5.75 Å². The monoisotopic (exact) mass is 317 g/mol. The van der Waals surface area contributed by atoms with Crippen LogP contribution in [0.15, 0.2) is 48.5 Å². The lowest BCUT2D eigenvalue weighted by Crippen LogP contribution is -2.25. The number of hydrogen-bond acceptors (Lipinski definition) is 2. The van der Waals surface area contributed by atoms with Gasteiger partial charge in [-0.15, -0.1) is 0 Å². The molecule has 4 heteroatoms. The van der Waals surface area contributed by atoms with E-state index in [-0.39, 0.29) is 12.0 Å². The first-order valence-electron chi connectivity index (χ1n) is 7.34. The Bertz CT molecular complexity index is 606. The van der Waals surface area contributed by atoms with Crippen LogP contribution >= 0.6 is 11.6 Å². The molecule has 0 fully saturated rings. The summed E-state index contributed by atoms with van der Waals surface area (Å²) in [6.45, 7) is 4.53. The average Bonchev–Trinajstić information content (AvgIpc) is 2.49. The Kier molecular flexibility index (Phi) is 5.84. The van der Waals surface area contributed by atoms with Crippen molar-refractivity contribution in [3.8, 4) is 5.75 Å². The summed E-state index contributed by atoms with van der Waals surface area (Å²) in [4.78, 5) is 12.0. The topological polar surface area (TPSA) is 38.3 Å². The SMILES string of the molecule is CC(C)Oc1ccc(C(=O)NCCc2ccc(Cl)cc2)cc1. The van der Waals surface area contributed by atoms with Gasteiger partial charge in [-0.05, 0) is 62.2 Å². The smallest absolute Gasteiger partial charge is 0.251 e. The second-order valence-electron chi connectivity index (χ2n) is 5.32. The summed E-state index contributed by atoms with van der Waals surface area (Å²) in [7, 11) is 0. The van der Waals surface area contributed by atoms with E-state index in [1.165, 1.54) is 0 Å². The van der Waals surface area contributed by atoms with Crippen molar-refractivity contribution in [3.05, 3.63) is 64.7 Å². The first-order chi connectivity index (χ1) is 10.5. The fourth-order valence-electron chi connectivity index (χ4n) is 2.03. The standard InChI is InChI=1S/C18H20ClNO2/c1-13(2)22-17-9-5-15(6-10-17)18(21)20-12-11-14-3-7-16(19)8-4-14/h3-10,13H,11-12H2,1-2H3,(H,20,21). The molecule has 116 valence electrons. The minimum atomic E-state index is -0.0786. The van der Waals surface area contributed by atoms with E-state index in [1.807, 2.05) is 50.2 Å². The number of benzene rings is 2. The van der Waals surface area contributed by atoms with E-state index >= 15 is 0 Å². The van der Waals surface area contributed by atoms with Crippen molar-refractivity contribution in [1.82, 2.24) is 5.32 Å². The lowest BCUT2D eigenvalue weighted by atomic mass is 10.1. The molecular formula is C18H20ClNO2. The lowest BCUT2D eigenvalue weighted by molar-refractivity contribution is 0.0954. The minimum Gasteiger partial charge on any atom is -0.491 e. The number of ether oxygens (including phenoxy) is 1. The fourth-order valence-corrected chi connectivity index (χ4v) is 2.16. The number of hydrogen-bond donors (Lipinski definition) is 1. The van der Waals surface area contributed by atoms with Gasteiger partial charge in [0, 0.05) is 17.1 Å². The summed E-state index contributed by atoms with van der Waals surface area (Å²) >= 11 is 5.84. The molecule has 0 aliphatic carbocycles. The van der Waals surface area contributed by atoms with E-state index in [0.29, 0.717) is 12.1 Å². The van der Waals surface area contributed by atoms with E-state index in [0.717, 1.165) is 22.8 Å². The summed E-state index contributed by atoms with van der Waals surface area (Å²) in [5.41, 5.74) is 1.78. The Hall–Kier alpha value is -2.00. The Morgan fingerprint density at radius 3 is 2.32 bits per heavy atom.